The van der Waals surface area contributed by atoms with Crippen LogP contribution in [0.15, 0.2) is 33.5 Å². The first-order valence-corrected chi connectivity index (χ1v) is 6.32. The van der Waals surface area contributed by atoms with Crippen molar-refractivity contribution in [1.29, 1.82) is 0 Å². The van der Waals surface area contributed by atoms with Crippen molar-refractivity contribution in [2.24, 2.45) is 0 Å². The number of pyridine rings is 1. The van der Waals surface area contributed by atoms with Crippen LogP contribution in [0.4, 0.5) is 5.88 Å². The maximum atomic E-state index is 5.94. The van der Waals surface area contributed by atoms with Crippen LogP contribution in [0.5, 0.6) is 0 Å². The summed E-state index contributed by atoms with van der Waals surface area (Å²) < 4.78 is 10.9. The van der Waals surface area contributed by atoms with Gasteiger partial charge < -0.3 is 14.7 Å². The van der Waals surface area contributed by atoms with Gasteiger partial charge in [0.15, 0.2) is 0 Å². The van der Waals surface area contributed by atoms with E-state index >= 15 is 0 Å². The SMILES string of the molecule is Cc1oc(C)c(-c2noc(N)c2-c2ccncc2)c1C. The van der Waals surface area contributed by atoms with Crippen LogP contribution in [0.3, 0.4) is 0 Å². The van der Waals surface area contributed by atoms with E-state index in [-0.39, 0.29) is 0 Å². The van der Waals surface area contributed by atoms with Crippen molar-refractivity contribution in [2.75, 3.05) is 5.73 Å². The Hall–Kier alpha value is -2.56. The molecule has 0 spiro atoms. The van der Waals surface area contributed by atoms with Gasteiger partial charge in [0.05, 0.1) is 5.56 Å². The maximum absolute atomic E-state index is 5.94. The number of nitrogen functional groups attached to an aromatic ring is 1. The van der Waals surface area contributed by atoms with Crippen LogP contribution >= 0.6 is 0 Å². The Kier molecular flexibility index (Phi) is 2.82. The molecule has 0 saturated carbocycles. The summed E-state index contributed by atoms with van der Waals surface area (Å²) in [5.41, 5.74) is 10.3. The molecule has 0 aliphatic carbocycles. The Balaban J connectivity index is 2.27. The quantitative estimate of drug-likeness (QED) is 0.770. The fourth-order valence-electron chi connectivity index (χ4n) is 2.41. The normalized spacial score (nSPS) is 10.9. The second-order valence-corrected chi connectivity index (χ2v) is 4.72. The molecule has 0 saturated heterocycles. The number of anilines is 1. The Morgan fingerprint density at radius 2 is 1.70 bits per heavy atom. The van der Waals surface area contributed by atoms with Crippen LogP contribution in [0.25, 0.3) is 22.4 Å². The molecule has 3 aromatic rings. The van der Waals surface area contributed by atoms with Crippen molar-refractivity contribution >= 4 is 5.88 Å². The molecule has 0 radical (unpaired) electrons. The molecule has 0 amide bonds. The van der Waals surface area contributed by atoms with Gasteiger partial charge in [0.25, 0.3) is 0 Å². The molecule has 0 aliphatic heterocycles. The van der Waals surface area contributed by atoms with Crippen molar-refractivity contribution in [2.45, 2.75) is 20.8 Å². The van der Waals surface area contributed by atoms with Crippen LogP contribution < -0.4 is 5.73 Å². The molecular weight excluding hydrogens is 254 g/mol. The number of rotatable bonds is 2. The molecular formula is C15H15N3O2. The first-order chi connectivity index (χ1) is 9.59. The monoisotopic (exact) mass is 269 g/mol. The van der Waals surface area contributed by atoms with Crippen LogP contribution in [0, 0.1) is 20.8 Å². The number of aromatic nitrogens is 2. The van der Waals surface area contributed by atoms with E-state index in [1.165, 1.54) is 0 Å². The third-order valence-corrected chi connectivity index (χ3v) is 3.49. The Morgan fingerprint density at radius 3 is 2.30 bits per heavy atom. The first kappa shape index (κ1) is 12.5. The zero-order valence-corrected chi connectivity index (χ0v) is 11.6. The summed E-state index contributed by atoms with van der Waals surface area (Å²) in [4.78, 5) is 4.02. The number of hydrogen-bond donors (Lipinski definition) is 1. The van der Waals surface area contributed by atoms with Gasteiger partial charge in [-0.1, -0.05) is 5.16 Å². The summed E-state index contributed by atoms with van der Waals surface area (Å²) in [6.45, 7) is 5.85. The zero-order chi connectivity index (χ0) is 14.3. The molecule has 3 aromatic heterocycles. The highest BCUT2D eigenvalue weighted by Crippen LogP contribution is 2.40. The number of aryl methyl sites for hydroxylation is 2. The van der Waals surface area contributed by atoms with Crippen LogP contribution in [0.1, 0.15) is 17.1 Å². The Bertz CT molecular complexity index is 757. The molecule has 0 bridgehead atoms. The standard InChI is InChI=1S/C15H15N3O2/c1-8-9(2)19-10(3)12(8)14-13(15(16)20-18-14)11-4-6-17-7-5-11/h4-7H,16H2,1-3H3. The van der Waals surface area contributed by atoms with Gasteiger partial charge in [-0.3, -0.25) is 4.98 Å². The van der Waals surface area contributed by atoms with Gasteiger partial charge in [-0.25, -0.2) is 0 Å². The minimum atomic E-state index is 0.295. The van der Waals surface area contributed by atoms with E-state index in [4.69, 9.17) is 14.7 Å². The zero-order valence-electron chi connectivity index (χ0n) is 11.6. The molecule has 0 fully saturated rings. The second-order valence-electron chi connectivity index (χ2n) is 4.72. The first-order valence-electron chi connectivity index (χ1n) is 6.32. The van der Waals surface area contributed by atoms with E-state index in [0.717, 1.165) is 33.8 Å². The van der Waals surface area contributed by atoms with E-state index in [2.05, 4.69) is 10.1 Å². The van der Waals surface area contributed by atoms with E-state index in [9.17, 15) is 0 Å². The smallest absolute Gasteiger partial charge is 0.230 e. The predicted molar refractivity (Wildman–Crippen MR) is 76.1 cm³/mol. The van der Waals surface area contributed by atoms with E-state index in [0.29, 0.717) is 11.6 Å². The molecule has 102 valence electrons. The fourth-order valence-corrected chi connectivity index (χ4v) is 2.41. The summed E-state index contributed by atoms with van der Waals surface area (Å²) in [5.74, 6) is 1.98. The Morgan fingerprint density at radius 1 is 1.00 bits per heavy atom. The van der Waals surface area contributed by atoms with E-state index < -0.39 is 0 Å². The fraction of sp³-hybridized carbons (Fsp3) is 0.200. The number of furan rings is 1. The summed E-state index contributed by atoms with van der Waals surface area (Å²) >= 11 is 0. The lowest BCUT2D eigenvalue weighted by Gasteiger charge is -2.02. The van der Waals surface area contributed by atoms with Crippen molar-refractivity contribution in [3.63, 3.8) is 0 Å². The second kappa shape index (κ2) is 4.52. The summed E-state index contributed by atoms with van der Waals surface area (Å²) in [6.07, 6.45) is 3.43. The lowest BCUT2D eigenvalue weighted by molar-refractivity contribution is 0.439. The molecule has 0 atom stereocenters. The van der Waals surface area contributed by atoms with E-state index in [1.807, 2.05) is 32.9 Å². The average Bonchev–Trinajstić information content (AvgIpc) is 2.92. The largest absolute Gasteiger partial charge is 0.466 e. The minimum Gasteiger partial charge on any atom is -0.466 e. The van der Waals surface area contributed by atoms with Crippen LogP contribution in [0.2, 0.25) is 0 Å². The number of nitrogens with zero attached hydrogens (tertiary/aromatic N) is 2. The molecule has 2 N–H and O–H groups in total. The lowest BCUT2D eigenvalue weighted by atomic mass is 9.99. The molecule has 20 heavy (non-hydrogen) atoms. The molecule has 3 heterocycles. The summed E-state index contributed by atoms with van der Waals surface area (Å²) in [5, 5.41) is 4.12. The highest BCUT2D eigenvalue weighted by Gasteiger charge is 2.23. The molecule has 0 unspecified atom stereocenters. The molecule has 3 rings (SSSR count). The minimum absolute atomic E-state index is 0.295. The molecule has 0 aliphatic rings. The van der Waals surface area contributed by atoms with Crippen molar-refractivity contribution in [1.82, 2.24) is 10.1 Å². The van der Waals surface area contributed by atoms with Gasteiger partial charge in [-0.2, -0.15) is 0 Å². The average molecular weight is 269 g/mol. The van der Waals surface area contributed by atoms with Crippen LogP contribution in [-0.2, 0) is 0 Å². The van der Waals surface area contributed by atoms with Gasteiger partial charge >= 0.3 is 0 Å². The molecule has 0 aromatic carbocycles. The highest BCUT2D eigenvalue weighted by atomic mass is 16.5. The summed E-state index contributed by atoms with van der Waals surface area (Å²) in [7, 11) is 0. The maximum Gasteiger partial charge on any atom is 0.230 e. The van der Waals surface area contributed by atoms with Crippen molar-refractivity contribution < 1.29 is 8.94 Å². The third kappa shape index (κ3) is 1.79. The van der Waals surface area contributed by atoms with Crippen molar-refractivity contribution in [3.05, 3.63) is 41.6 Å². The summed E-state index contributed by atoms with van der Waals surface area (Å²) in [6, 6.07) is 3.76. The van der Waals surface area contributed by atoms with E-state index in [1.54, 1.807) is 12.4 Å². The van der Waals surface area contributed by atoms with Gasteiger partial charge in [-0.05, 0) is 44.0 Å². The van der Waals surface area contributed by atoms with Gasteiger partial charge in [0.1, 0.15) is 17.2 Å². The van der Waals surface area contributed by atoms with Crippen molar-refractivity contribution in [3.8, 4) is 22.4 Å². The Labute approximate surface area is 116 Å². The topological polar surface area (TPSA) is 78.1 Å². The lowest BCUT2D eigenvalue weighted by Crippen LogP contribution is -1.89. The predicted octanol–water partition coefficient (Wildman–Crippen LogP) is 3.50. The molecule has 5 heteroatoms. The van der Waals surface area contributed by atoms with Gasteiger partial charge in [0, 0.05) is 18.0 Å². The number of nitrogens with two attached hydrogens (primary N) is 1. The highest BCUT2D eigenvalue weighted by molar-refractivity contribution is 5.88. The van der Waals surface area contributed by atoms with Gasteiger partial charge in [-0.15, -0.1) is 0 Å². The molecule has 5 nitrogen and oxygen atoms in total. The van der Waals surface area contributed by atoms with Crippen LogP contribution in [-0.4, -0.2) is 10.1 Å². The van der Waals surface area contributed by atoms with Gasteiger partial charge in [0.2, 0.25) is 5.88 Å². The third-order valence-electron chi connectivity index (χ3n) is 3.49. The number of hydrogen-bond acceptors (Lipinski definition) is 5.